The summed E-state index contributed by atoms with van der Waals surface area (Å²) in [4.78, 5) is 21.6. The Morgan fingerprint density at radius 2 is 1.67 bits per heavy atom. The van der Waals surface area contributed by atoms with Crippen LogP contribution in [0.3, 0.4) is 0 Å². The molecule has 3 aliphatic rings. The Bertz CT molecular complexity index is 727. The minimum absolute atomic E-state index is 0.168. The molecule has 1 saturated carbocycles. The number of anilines is 1. The average molecular weight is 425 g/mol. The van der Waals surface area contributed by atoms with Gasteiger partial charge in [0.05, 0.1) is 12.1 Å². The highest BCUT2D eigenvalue weighted by Crippen LogP contribution is 2.31. The van der Waals surface area contributed by atoms with Gasteiger partial charge in [0.1, 0.15) is 0 Å². The number of nitrogens with zero attached hydrogens (tertiary/aromatic N) is 4. The Hall–Kier alpha value is -1.80. The van der Waals surface area contributed by atoms with Crippen LogP contribution in [-0.2, 0) is 11.0 Å². The maximum absolute atomic E-state index is 12.8. The first-order chi connectivity index (χ1) is 14.3. The molecule has 1 aromatic carbocycles. The van der Waals surface area contributed by atoms with Crippen molar-refractivity contribution in [3.05, 3.63) is 29.8 Å². The van der Waals surface area contributed by atoms with E-state index in [1.54, 1.807) is 0 Å². The van der Waals surface area contributed by atoms with Crippen molar-refractivity contribution in [1.82, 2.24) is 14.7 Å². The first-order valence-electron chi connectivity index (χ1n) is 11.0. The zero-order valence-electron chi connectivity index (χ0n) is 17.6. The Kier molecular flexibility index (Phi) is 6.25. The normalized spacial score (nSPS) is 24.7. The summed E-state index contributed by atoms with van der Waals surface area (Å²) in [6.07, 6.45) is -0.377. The Balaban J connectivity index is 1.26. The van der Waals surface area contributed by atoms with E-state index in [4.69, 9.17) is 0 Å². The number of carbonyl (C=O) groups is 1. The third-order valence-corrected chi connectivity index (χ3v) is 6.92. The lowest BCUT2D eigenvalue weighted by molar-refractivity contribution is -0.137. The number of amides is 1. The lowest BCUT2D eigenvalue weighted by Crippen LogP contribution is -2.57. The second kappa shape index (κ2) is 8.75. The Morgan fingerprint density at radius 1 is 1.00 bits per heavy atom. The van der Waals surface area contributed by atoms with Crippen molar-refractivity contribution >= 4 is 11.6 Å². The molecular weight excluding hydrogens is 393 g/mol. The Morgan fingerprint density at radius 3 is 2.20 bits per heavy atom. The van der Waals surface area contributed by atoms with Crippen molar-refractivity contribution in [2.75, 3.05) is 57.3 Å². The van der Waals surface area contributed by atoms with Gasteiger partial charge in [-0.2, -0.15) is 13.2 Å². The van der Waals surface area contributed by atoms with Crippen molar-refractivity contribution in [3.63, 3.8) is 0 Å². The molecule has 166 valence electrons. The molecule has 2 aliphatic heterocycles. The summed E-state index contributed by atoms with van der Waals surface area (Å²) in [5.41, 5.74) is 0.175. The summed E-state index contributed by atoms with van der Waals surface area (Å²) in [5.74, 6) is 0.193. The van der Waals surface area contributed by atoms with Gasteiger partial charge in [0, 0.05) is 63.6 Å². The smallest absolute Gasteiger partial charge is 0.369 e. The average Bonchev–Trinajstić information content (AvgIpc) is 2.68. The predicted molar refractivity (Wildman–Crippen MR) is 110 cm³/mol. The molecule has 5 nitrogen and oxygen atoms in total. The van der Waals surface area contributed by atoms with E-state index in [9.17, 15) is 18.0 Å². The molecule has 1 amide bonds. The summed E-state index contributed by atoms with van der Waals surface area (Å²) in [6.45, 7) is 8.23. The largest absolute Gasteiger partial charge is 0.416 e. The SMILES string of the molecule is CC1CN(c2ccc(C(F)(F)F)cc2)CCN1CC(=O)N1CCN(C2CCC2)CC1. The number of benzene rings is 1. The summed E-state index contributed by atoms with van der Waals surface area (Å²) in [5, 5.41) is 0. The molecule has 30 heavy (non-hydrogen) atoms. The fourth-order valence-electron chi connectivity index (χ4n) is 4.69. The van der Waals surface area contributed by atoms with E-state index in [1.807, 2.05) is 4.90 Å². The number of alkyl halides is 3. The molecule has 4 rings (SSSR count). The molecule has 0 bridgehead atoms. The zero-order valence-corrected chi connectivity index (χ0v) is 17.6. The molecule has 1 aliphatic carbocycles. The second-order valence-electron chi connectivity index (χ2n) is 8.81. The van der Waals surface area contributed by atoms with Gasteiger partial charge in [-0.15, -0.1) is 0 Å². The monoisotopic (exact) mass is 424 g/mol. The van der Waals surface area contributed by atoms with E-state index < -0.39 is 11.7 Å². The predicted octanol–water partition coefficient (Wildman–Crippen LogP) is 2.91. The Labute approximate surface area is 176 Å². The third-order valence-electron chi connectivity index (χ3n) is 6.92. The molecule has 3 fully saturated rings. The number of rotatable bonds is 4. The van der Waals surface area contributed by atoms with Crippen LogP contribution in [0, 0.1) is 0 Å². The molecule has 2 saturated heterocycles. The molecule has 0 spiro atoms. The molecule has 1 atom stereocenters. The molecule has 8 heteroatoms. The fourth-order valence-corrected chi connectivity index (χ4v) is 4.69. The molecular formula is C22H31F3N4O. The van der Waals surface area contributed by atoms with E-state index in [-0.39, 0.29) is 11.9 Å². The number of piperazine rings is 2. The van der Waals surface area contributed by atoms with Crippen molar-refractivity contribution in [3.8, 4) is 0 Å². The topological polar surface area (TPSA) is 30.0 Å². The fraction of sp³-hybridized carbons (Fsp3) is 0.682. The molecule has 1 unspecified atom stereocenters. The van der Waals surface area contributed by atoms with Crippen LogP contribution in [0.25, 0.3) is 0 Å². The van der Waals surface area contributed by atoms with E-state index in [2.05, 4.69) is 21.6 Å². The molecule has 1 aromatic rings. The molecule has 0 radical (unpaired) electrons. The van der Waals surface area contributed by atoms with Crippen LogP contribution in [0.5, 0.6) is 0 Å². The summed E-state index contributed by atoms with van der Waals surface area (Å²) in [6, 6.07) is 6.26. The second-order valence-corrected chi connectivity index (χ2v) is 8.81. The third kappa shape index (κ3) is 4.75. The van der Waals surface area contributed by atoms with E-state index in [1.165, 1.54) is 31.4 Å². The highest BCUT2D eigenvalue weighted by atomic mass is 19.4. The number of halogens is 3. The van der Waals surface area contributed by atoms with Gasteiger partial charge in [-0.25, -0.2) is 0 Å². The number of hydrogen-bond acceptors (Lipinski definition) is 4. The van der Waals surface area contributed by atoms with Crippen LogP contribution in [0.2, 0.25) is 0 Å². The van der Waals surface area contributed by atoms with Gasteiger partial charge in [0.15, 0.2) is 0 Å². The molecule has 0 aromatic heterocycles. The van der Waals surface area contributed by atoms with E-state index in [0.717, 1.165) is 56.6 Å². The minimum Gasteiger partial charge on any atom is -0.369 e. The van der Waals surface area contributed by atoms with Gasteiger partial charge >= 0.3 is 6.18 Å². The standard InChI is InChI=1S/C22H31F3N4O/c1-17-15-29(20-7-5-18(6-8-20)22(23,24)25)14-13-28(17)16-21(30)27-11-9-26(10-12-27)19-3-2-4-19/h5-8,17,19H,2-4,9-16H2,1H3. The van der Waals surface area contributed by atoms with Gasteiger partial charge in [-0.3, -0.25) is 14.6 Å². The summed E-state index contributed by atoms with van der Waals surface area (Å²) >= 11 is 0. The lowest BCUT2D eigenvalue weighted by Gasteiger charge is -2.44. The maximum atomic E-state index is 12.8. The minimum atomic E-state index is -4.31. The maximum Gasteiger partial charge on any atom is 0.416 e. The van der Waals surface area contributed by atoms with Crippen LogP contribution in [-0.4, -0.2) is 85.0 Å². The van der Waals surface area contributed by atoms with E-state index >= 15 is 0 Å². The van der Waals surface area contributed by atoms with Crippen LogP contribution in [0.15, 0.2) is 24.3 Å². The lowest BCUT2D eigenvalue weighted by atomic mass is 9.91. The number of carbonyl (C=O) groups excluding carboxylic acids is 1. The number of hydrogen-bond donors (Lipinski definition) is 0. The van der Waals surface area contributed by atoms with Crippen molar-refractivity contribution in [1.29, 1.82) is 0 Å². The quantitative estimate of drug-likeness (QED) is 0.744. The zero-order chi connectivity index (χ0) is 21.3. The first kappa shape index (κ1) is 21.4. The van der Waals surface area contributed by atoms with Crippen LogP contribution < -0.4 is 4.90 Å². The van der Waals surface area contributed by atoms with Crippen molar-refractivity contribution in [2.24, 2.45) is 0 Å². The van der Waals surface area contributed by atoms with Crippen LogP contribution in [0.4, 0.5) is 18.9 Å². The van der Waals surface area contributed by atoms with Crippen molar-refractivity contribution < 1.29 is 18.0 Å². The van der Waals surface area contributed by atoms with Gasteiger partial charge < -0.3 is 9.80 Å². The van der Waals surface area contributed by atoms with Crippen LogP contribution >= 0.6 is 0 Å². The summed E-state index contributed by atoms with van der Waals surface area (Å²) in [7, 11) is 0. The first-order valence-corrected chi connectivity index (χ1v) is 11.0. The van der Waals surface area contributed by atoms with Gasteiger partial charge in [-0.05, 0) is 44.0 Å². The van der Waals surface area contributed by atoms with Crippen molar-refractivity contribution in [2.45, 2.75) is 44.4 Å². The highest BCUT2D eigenvalue weighted by Gasteiger charge is 2.32. The molecule has 0 N–H and O–H groups in total. The molecule has 2 heterocycles. The van der Waals surface area contributed by atoms with Gasteiger partial charge in [-0.1, -0.05) is 6.42 Å². The van der Waals surface area contributed by atoms with Gasteiger partial charge in [0.25, 0.3) is 0 Å². The van der Waals surface area contributed by atoms with Crippen LogP contribution in [0.1, 0.15) is 31.7 Å². The van der Waals surface area contributed by atoms with Gasteiger partial charge in [0.2, 0.25) is 5.91 Å². The van der Waals surface area contributed by atoms with E-state index in [0.29, 0.717) is 19.6 Å². The highest BCUT2D eigenvalue weighted by molar-refractivity contribution is 5.78. The summed E-state index contributed by atoms with van der Waals surface area (Å²) < 4.78 is 38.3.